The lowest BCUT2D eigenvalue weighted by atomic mass is 10.0. The van der Waals surface area contributed by atoms with Gasteiger partial charge in [-0.05, 0) is 50.3 Å². The third-order valence-corrected chi connectivity index (χ3v) is 4.38. The van der Waals surface area contributed by atoms with Crippen LogP contribution in [0, 0.1) is 0 Å². The van der Waals surface area contributed by atoms with Crippen LogP contribution in [-0.4, -0.2) is 32.6 Å². The fourth-order valence-corrected chi connectivity index (χ4v) is 3.10. The summed E-state index contributed by atoms with van der Waals surface area (Å²) < 4.78 is 10.8. The maximum absolute atomic E-state index is 5.75. The normalized spacial score (nSPS) is 12.4. The molecule has 0 amide bonds. The van der Waals surface area contributed by atoms with Crippen molar-refractivity contribution in [2.45, 2.75) is 39.0 Å². The average molecular weight is 311 g/mol. The molecule has 0 saturated heterocycles. The number of rotatable bonds is 11. The molecular weight excluding hydrogens is 282 g/mol. The Kier molecular flexibility index (Phi) is 9.55. The highest BCUT2D eigenvalue weighted by atomic mass is 32.2. The van der Waals surface area contributed by atoms with Crippen molar-refractivity contribution >= 4 is 11.8 Å². The third kappa shape index (κ3) is 6.72. The van der Waals surface area contributed by atoms with E-state index in [4.69, 9.17) is 9.47 Å². The number of hydrogen-bond acceptors (Lipinski definition) is 4. The molecule has 1 aromatic carbocycles. The molecule has 0 aliphatic heterocycles. The summed E-state index contributed by atoms with van der Waals surface area (Å²) in [6.07, 6.45) is 1.10. The summed E-state index contributed by atoms with van der Waals surface area (Å²) in [5.74, 6) is 3.13. The van der Waals surface area contributed by atoms with Gasteiger partial charge in [0.15, 0.2) is 0 Å². The molecule has 1 aromatic rings. The molecule has 120 valence electrons. The predicted molar refractivity (Wildman–Crippen MR) is 92.4 cm³/mol. The number of ether oxygens (including phenoxy) is 2. The molecule has 0 aromatic heterocycles. The highest BCUT2D eigenvalue weighted by molar-refractivity contribution is 7.98. The van der Waals surface area contributed by atoms with Crippen molar-refractivity contribution in [3.8, 4) is 5.75 Å². The van der Waals surface area contributed by atoms with E-state index < -0.39 is 0 Å². The highest BCUT2D eigenvalue weighted by Gasteiger charge is 2.09. The number of benzene rings is 1. The van der Waals surface area contributed by atoms with Crippen LogP contribution in [0.4, 0.5) is 0 Å². The van der Waals surface area contributed by atoms with Gasteiger partial charge < -0.3 is 14.8 Å². The fourth-order valence-electron chi connectivity index (χ4n) is 2.19. The van der Waals surface area contributed by atoms with E-state index in [1.54, 1.807) is 7.11 Å². The maximum atomic E-state index is 5.75. The SMILES string of the molecule is CCNC(C)c1ccc(OCC)c(CSCCCOC)c1. The van der Waals surface area contributed by atoms with Crippen molar-refractivity contribution < 1.29 is 9.47 Å². The van der Waals surface area contributed by atoms with Crippen LogP contribution in [0.25, 0.3) is 0 Å². The second kappa shape index (κ2) is 10.9. The van der Waals surface area contributed by atoms with Gasteiger partial charge in [0.2, 0.25) is 0 Å². The van der Waals surface area contributed by atoms with Crippen molar-refractivity contribution in [2.24, 2.45) is 0 Å². The fraction of sp³-hybridized carbons (Fsp3) is 0.647. The summed E-state index contributed by atoms with van der Waals surface area (Å²) in [5, 5.41) is 3.46. The Morgan fingerprint density at radius 2 is 2.10 bits per heavy atom. The Morgan fingerprint density at radius 3 is 2.76 bits per heavy atom. The number of nitrogens with one attached hydrogen (secondary N) is 1. The standard InChI is InChI=1S/C17H29NO2S/c1-5-18-14(3)15-8-9-17(20-6-2)16(12-15)13-21-11-7-10-19-4/h8-9,12,14,18H,5-7,10-11,13H2,1-4H3. The van der Waals surface area contributed by atoms with Crippen LogP contribution in [0.3, 0.4) is 0 Å². The summed E-state index contributed by atoms with van der Waals surface area (Å²) in [6, 6.07) is 6.93. The van der Waals surface area contributed by atoms with Gasteiger partial charge in [-0.25, -0.2) is 0 Å². The molecule has 1 N–H and O–H groups in total. The van der Waals surface area contributed by atoms with Crippen LogP contribution < -0.4 is 10.1 Å². The van der Waals surface area contributed by atoms with Gasteiger partial charge >= 0.3 is 0 Å². The molecule has 1 atom stereocenters. The minimum absolute atomic E-state index is 0.378. The molecule has 21 heavy (non-hydrogen) atoms. The minimum Gasteiger partial charge on any atom is -0.494 e. The van der Waals surface area contributed by atoms with Gasteiger partial charge in [-0.3, -0.25) is 0 Å². The summed E-state index contributed by atoms with van der Waals surface area (Å²) in [4.78, 5) is 0. The largest absolute Gasteiger partial charge is 0.494 e. The molecule has 0 spiro atoms. The summed E-state index contributed by atoms with van der Waals surface area (Å²) >= 11 is 1.94. The molecule has 0 fully saturated rings. The molecule has 3 nitrogen and oxygen atoms in total. The van der Waals surface area contributed by atoms with Crippen molar-refractivity contribution in [2.75, 3.05) is 32.6 Å². The van der Waals surface area contributed by atoms with Gasteiger partial charge in [-0.1, -0.05) is 13.0 Å². The molecule has 0 heterocycles. The second-order valence-corrected chi connectivity index (χ2v) is 6.08. The lowest BCUT2D eigenvalue weighted by molar-refractivity contribution is 0.200. The Balaban J connectivity index is 2.68. The zero-order valence-corrected chi connectivity index (χ0v) is 14.6. The molecule has 0 aliphatic rings. The molecule has 4 heteroatoms. The van der Waals surface area contributed by atoms with Gasteiger partial charge in [0.25, 0.3) is 0 Å². The van der Waals surface area contributed by atoms with Crippen LogP contribution in [0.1, 0.15) is 44.4 Å². The minimum atomic E-state index is 0.378. The molecule has 0 saturated carbocycles. The lowest BCUT2D eigenvalue weighted by Crippen LogP contribution is -2.17. The zero-order chi connectivity index (χ0) is 15.5. The first-order chi connectivity index (χ1) is 10.2. The number of methoxy groups -OCH3 is 1. The monoisotopic (exact) mass is 311 g/mol. The van der Waals surface area contributed by atoms with Crippen molar-refractivity contribution in [1.29, 1.82) is 0 Å². The summed E-state index contributed by atoms with van der Waals surface area (Å²) in [6.45, 7) is 8.90. The van der Waals surface area contributed by atoms with Crippen molar-refractivity contribution in [3.05, 3.63) is 29.3 Å². The first-order valence-corrected chi connectivity index (χ1v) is 8.94. The smallest absolute Gasteiger partial charge is 0.123 e. The Hall–Kier alpha value is -0.710. The first-order valence-electron chi connectivity index (χ1n) is 7.78. The lowest BCUT2D eigenvalue weighted by Gasteiger charge is -2.16. The number of hydrogen-bond donors (Lipinski definition) is 1. The van der Waals surface area contributed by atoms with E-state index in [1.807, 2.05) is 18.7 Å². The van der Waals surface area contributed by atoms with Gasteiger partial charge in [-0.15, -0.1) is 0 Å². The van der Waals surface area contributed by atoms with E-state index >= 15 is 0 Å². The molecular formula is C17H29NO2S. The Morgan fingerprint density at radius 1 is 1.29 bits per heavy atom. The van der Waals surface area contributed by atoms with E-state index in [-0.39, 0.29) is 0 Å². The van der Waals surface area contributed by atoms with Crippen molar-refractivity contribution in [1.82, 2.24) is 5.32 Å². The van der Waals surface area contributed by atoms with Gasteiger partial charge in [0.05, 0.1) is 6.61 Å². The van der Waals surface area contributed by atoms with Crippen LogP contribution in [0.5, 0.6) is 5.75 Å². The van der Waals surface area contributed by atoms with E-state index in [0.717, 1.165) is 36.8 Å². The van der Waals surface area contributed by atoms with E-state index in [0.29, 0.717) is 12.6 Å². The Labute approximate surface area is 133 Å². The quantitative estimate of drug-likeness (QED) is 0.625. The average Bonchev–Trinajstić information content (AvgIpc) is 2.49. The highest BCUT2D eigenvalue weighted by Crippen LogP contribution is 2.27. The van der Waals surface area contributed by atoms with E-state index in [1.165, 1.54) is 11.1 Å². The van der Waals surface area contributed by atoms with Crippen LogP contribution >= 0.6 is 11.8 Å². The maximum Gasteiger partial charge on any atom is 0.123 e. The van der Waals surface area contributed by atoms with E-state index in [2.05, 4.69) is 37.4 Å². The second-order valence-electron chi connectivity index (χ2n) is 4.98. The molecule has 1 rings (SSSR count). The topological polar surface area (TPSA) is 30.5 Å². The summed E-state index contributed by atoms with van der Waals surface area (Å²) in [7, 11) is 1.75. The van der Waals surface area contributed by atoms with Gasteiger partial charge in [0, 0.05) is 31.1 Å². The Bertz CT molecular complexity index is 398. The molecule has 1 unspecified atom stereocenters. The van der Waals surface area contributed by atoms with Crippen LogP contribution in [-0.2, 0) is 10.5 Å². The van der Waals surface area contributed by atoms with E-state index in [9.17, 15) is 0 Å². The zero-order valence-electron chi connectivity index (χ0n) is 13.8. The molecule has 0 radical (unpaired) electrons. The predicted octanol–water partition coefficient (Wildman–Crippen LogP) is 4.03. The van der Waals surface area contributed by atoms with Gasteiger partial charge in [0.1, 0.15) is 5.75 Å². The third-order valence-electron chi connectivity index (χ3n) is 3.29. The van der Waals surface area contributed by atoms with Crippen molar-refractivity contribution in [3.63, 3.8) is 0 Å². The first kappa shape index (κ1) is 18.3. The van der Waals surface area contributed by atoms with Crippen LogP contribution in [0.2, 0.25) is 0 Å². The van der Waals surface area contributed by atoms with Crippen LogP contribution in [0.15, 0.2) is 18.2 Å². The molecule has 0 bridgehead atoms. The van der Waals surface area contributed by atoms with Gasteiger partial charge in [-0.2, -0.15) is 11.8 Å². The molecule has 0 aliphatic carbocycles. The number of thioether (sulfide) groups is 1. The summed E-state index contributed by atoms with van der Waals surface area (Å²) in [5.41, 5.74) is 2.62.